The van der Waals surface area contributed by atoms with Crippen LogP contribution in [0.2, 0.25) is 0 Å². The van der Waals surface area contributed by atoms with Gasteiger partial charge in [-0.25, -0.2) is 4.39 Å². The molecule has 1 unspecified atom stereocenters. The van der Waals surface area contributed by atoms with E-state index < -0.39 is 11.9 Å². The highest BCUT2D eigenvalue weighted by atomic mass is 19.1. The average Bonchev–Trinajstić information content (AvgIpc) is 2.65. The van der Waals surface area contributed by atoms with Gasteiger partial charge >= 0.3 is 0 Å². The fourth-order valence-electron chi connectivity index (χ4n) is 2.53. The van der Waals surface area contributed by atoms with E-state index in [9.17, 15) is 9.50 Å². The molecule has 0 aliphatic carbocycles. The second kappa shape index (κ2) is 6.26. The number of rotatable bonds is 5. The van der Waals surface area contributed by atoms with Gasteiger partial charge in [-0.2, -0.15) is 5.10 Å². The summed E-state index contributed by atoms with van der Waals surface area (Å²) >= 11 is 0. The number of halogens is 1. The third-order valence-electron chi connectivity index (χ3n) is 3.79. The Morgan fingerprint density at radius 3 is 2.57 bits per heavy atom. The number of aromatic nitrogens is 2. The summed E-state index contributed by atoms with van der Waals surface area (Å²) in [5.41, 5.74) is 3.78. The van der Waals surface area contributed by atoms with Crippen LogP contribution in [0.25, 0.3) is 0 Å². The second-order valence-corrected chi connectivity index (χ2v) is 5.30. The molecule has 21 heavy (non-hydrogen) atoms. The minimum Gasteiger partial charge on any atom is -0.494 e. The predicted octanol–water partition coefficient (Wildman–Crippen LogP) is 2.33. The molecule has 0 spiro atoms. The number of aliphatic hydroxyl groups is 1. The maximum atomic E-state index is 13.6. The van der Waals surface area contributed by atoms with Crippen molar-refractivity contribution in [1.29, 1.82) is 0 Å². The summed E-state index contributed by atoms with van der Waals surface area (Å²) in [6.07, 6.45) is 0.341. The first-order valence-corrected chi connectivity index (χ1v) is 6.92. The molecule has 1 heterocycles. The lowest BCUT2D eigenvalue weighted by molar-refractivity contribution is 0.175. The van der Waals surface area contributed by atoms with Crippen molar-refractivity contribution in [2.24, 2.45) is 7.05 Å². The van der Waals surface area contributed by atoms with E-state index >= 15 is 0 Å². The zero-order valence-corrected chi connectivity index (χ0v) is 12.9. The Morgan fingerprint density at radius 1 is 1.33 bits per heavy atom. The lowest BCUT2D eigenvalue weighted by Crippen LogP contribution is -2.15. The highest BCUT2D eigenvalue weighted by Crippen LogP contribution is 2.20. The van der Waals surface area contributed by atoms with E-state index in [0.717, 1.165) is 22.5 Å². The Morgan fingerprint density at radius 2 is 2.05 bits per heavy atom. The summed E-state index contributed by atoms with van der Waals surface area (Å²) in [6, 6.07) is 4.76. The van der Waals surface area contributed by atoms with E-state index in [1.165, 1.54) is 13.2 Å². The van der Waals surface area contributed by atoms with Gasteiger partial charge in [-0.1, -0.05) is 6.07 Å². The van der Waals surface area contributed by atoms with Crippen LogP contribution in [0.15, 0.2) is 18.2 Å². The minimum atomic E-state index is -0.570. The molecule has 0 fully saturated rings. The SMILES string of the molecule is COc1ccc(CC(O)Cc2c(C)nn(C)c2C)cc1F. The summed E-state index contributed by atoms with van der Waals surface area (Å²) in [5.74, 6) is -0.192. The first-order chi connectivity index (χ1) is 9.92. The molecule has 0 radical (unpaired) electrons. The zero-order chi connectivity index (χ0) is 15.6. The third-order valence-corrected chi connectivity index (χ3v) is 3.79. The molecule has 0 aliphatic heterocycles. The van der Waals surface area contributed by atoms with Crippen LogP contribution in [0.3, 0.4) is 0 Å². The molecular formula is C16H21FN2O2. The van der Waals surface area contributed by atoms with E-state index in [1.54, 1.807) is 12.1 Å². The summed E-state index contributed by atoms with van der Waals surface area (Å²) in [6.45, 7) is 3.91. The molecule has 2 aromatic rings. The van der Waals surface area contributed by atoms with E-state index in [2.05, 4.69) is 5.10 Å². The molecular weight excluding hydrogens is 271 g/mol. The van der Waals surface area contributed by atoms with Crippen molar-refractivity contribution in [3.05, 3.63) is 46.5 Å². The average molecular weight is 292 g/mol. The van der Waals surface area contributed by atoms with Crippen molar-refractivity contribution >= 4 is 0 Å². The minimum absolute atomic E-state index is 0.215. The van der Waals surface area contributed by atoms with Gasteiger partial charge in [0.2, 0.25) is 0 Å². The Bertz CT molecular complexity index is 637. The summed E-state index contributed by atoms with van der Waals surface area (Å²) in [4.78, 5) is 0. The molecule has 114 valence electrons. The normalized spacial score (nSPS) is 12.5. The summed E-state index contributed by atoms with van der Waals surface area (Å²) in [7, 11) is 3.32. The fraction of sp³-hybridized carbons (Fsp3) is 0.438. The van der Waals surface area contributed by atoms with E-state index in [1.807, 2.05) is 25.6 Å². The van der Waals surface area contributed by atoms with Crippen LogP contribution < -0.4 is 4.74 Å². The van der Waals surface area contributed by atoms with E-state index in [-0.39, 0.29) is 5.75 Å². The van der Waals surface area contributed by atoms with Gasteiger partial charge in [0.15, 0.2) is 11.6 Å². The molecule has 1 N–H and O–H groups in total. The maximum absolute atomic E-state index is 13.6. The van der Waals surface area contributed by atoms with Crippen molar-refractivity contribution in [2.75, 3.05) is 7.11 Å². The van der Waals surface area contributed by atoms with Gasteiger partial charge in [-0.05, 0) is 43.5 Å². The van der Waals surface area contributed by atoms with Crippen molar-refractivity contribution in [2.45, 2.75) is 32.8 Å². The molecule has 1 aromatic heterocycles. The van der Waals surface area contributed by atoms with Crippen LogP contribution >= 0.6 is 0 Å². The predicted molar refractivity (Wildman–Crippen MR) is 79.0 cm³/mol. The number of benzene rings is 1. The molecule has 0 amide bonds. The Hall–Kier alpha value is -1.88. The van der Waals surface area contributed by atoms with Gasteiger partial charge < -0.3 is 9.84 Å². The Labute approximate surface area is 124 Å². The largest absolute Gasteiger partial charge is 0.494 e. The van der Waals surface area contributed by atoms with E-state index in [0.29, 0.717) is 12.8 Å². The first-order valence-electron chi connectivity index (χ1n) is 6.92. The number of aryl methyl sites for hydroxylation is 2. The molecule has 0 saturated heterocycles. The molecule has 4 nitrogen and oxygen atoms in total. The molecule has 0 aliphatic rings. The number of methoxy groups -OCH3 is 1. The van der Waals surface area contributed by atoms with Crippen molar-refractivity contribution in [1.82, 2.24) is 9.78 Å². The number of aliphatic hydroxyl groups excluding tert-OH is 1. The summed E-state index contributed by atoms with van der Waals surface area (Å²) < 4.78 is 20.3. The monoisotopic (exact) mass is 292 g/mol. The molecule has 1 aromatic carbocycles. The first kappa shape index (κ1) is 15.5. The fourth-order valence-corrected chi connectivity index (χ4v) is 2.53. The van der Waals surface area contributed by atoms with Crippen LogP contribution in [-0.2, 0) is 19.9 Å². The molecule has 2 rings (SSSR count). The Balaban J connectivity index is 2.08. The molecule has 1 atom stereocenters. The second-order valence-electron chi connectivity index (χ2n) is 5.30. The number of hydrogen-bond donors (Lipinski definition) is 1. The van der Waals surface area contributed by atoms with Crippen LogP contribution in [0.5, 0.6) is 5.75 Å². The number of nitrogens with zero attached hydrogens (tertiary/aromatic N) is 2. The van der Waals surface area contributed by atoms with Crippen molar-refractivity contribution in [3.8, 4) is 5.75 Å². The topological polar surface area (TPSA) is 47.3 Å². The summed E-state index contributed by atoms with van der Waals surface area (Å²) in [5, 5.41) is 14.6. The van der Waals surface area contributed by atoms with Gasteiger partial charge in [-0.15, -0.1) is 0 Å². The standard InChI is InChI=1S/C16H21FN2O2/c1-10-14(11(2)19(3)18-10)9-13(20)7-12-5-6-16(21-4)15(17)8-12/h5-6,8,13,20H,7,9H2,1-4H3. The van der Waals surface area contributed by atoms with Crippen LogP contribution in [-0.4, -0.2) is 28.1 Å². The lowest BCUT2D eigenvalue weighted by atomic mass is 10.00. The maximum Gasteiger partial charge on any atom is 0.165 e. The van der Waals surface area contributed by atoms with Gasteiger partial charge in [0.05, 0.1) is 18.9 Å². The van der Waals surface area contributed by atoms with Gasteiger partial charge in [0.1, 0.15) is 0 Å². The highest BCUT2D eigenvalue weighted by molar-refractivity contribution is 5.30. The smallest absolute Gasteiger partial charge is 0.165 e. The van der Waals surface area contributed by atoms with E-state index in [4.69, 9.17) is 4.74 Å². The van der Waals surface area contributed by atoms with Gasteiger partial charge in [0, 0.05) is 19.2 Å². The number of ether oxygens (including phenoxy) is 1. The van der Waals surface area contributed by atoms with Gasteiger partial charge in [-0.3, -0.25) is 4.68 Å². The number of hydrogen-bond acceptors (Lipinski definition) is 3. The highest BCUT2D eigenvalue weighted by Gasteiger charge is 2.15. The quantitative estimate of drug-likeness (QED) is 0.920. The molecule has 0 bridgehead atoms. The third kappa shape index (κ3) is 3.42. The van der Waals surface area contributed by atoms with Crippen molar-refractivity contribution in [3.63, 3.8) is 0 Å². The van der Waals surface area contributed by atoms with Crippen molar-refractivity contribution < 1.29 is 14.2 Å². The van der Waals surface area contributed by atoms with Crippen LogP contribution in [0.4, 0.5) is 4.39 Å². The van der Waals surface area contributed by atoms with Gasteiger partial charge in [0.25, 0.3) is 0 Å². The van der Waals surface area contributed by atoms with Crippen LogP contribution in [0.1, 0.15) is 22.5 Å². The zero-order valence-electron chi connectivity index (χ0n) is 12.9. The Kier molecular flexibility index (Phi) is 4.63. The molecule has 0 saturated carbocycles. The lowest BCUT2D eigenvalue weighted by Gasteiger charge is -2.12. The molecule has 5 heteroatoms. The van der Waals surface area contributed by atoms with Crippen LogP contribution in [0, 0.1) is 19.7 Å².